The molecule has 0 unspecified atom stereocenters. The molecule has 0 aromatic rings. The standard InChI is InChI=1S/C59H112O5/c1-4-7-10-13-16-19-22-25-28-30-32-34-37-40-43-46-49-52-58(60)63-56-57(55-62-54-51-48-45-42-39-36-33-29-26-23-20-17-14-11-8-5-2)64-59(61)53-50-47-44-41-38-35-31-27-24-21-18-15-12-9-6-3/h18,21,27,31,57H,4-17,19-20,22-26,28-30,32-56H2,1-3H3/b21-18-,31-27-/t57-/m1/s1. The van der Waals surface area contributed by atoms with E-state index in [1.165, 1.54) is 231 Å². The highest BCUT2D eigenvalue weighted by molar-refractivity contribution is 5.70. The molecule has 0 spiro atoms. The molecule has 0 saturated carbocycles. The molecule has 0 bridgehead atoms. The molecule has 0 amide bonds. The second-order valence-electron chi connectivity index (χ2n) is 19.6. The summed E-state index contributed by atoms with van der Waals surface area (Å²) in [4.78, 5) is 25.5. The molecule has 64 heavy (non-hydrogen) atoms. The maximum Gasteiger partial charge on any atom is 0.306 e. The molecule has 0 aliphatic carbocycles. The van der Waals surface area contributed by atoms with E-state index in [1.54, 1.807) is 0 Å². The molecule has 5 heteroatoms. The Labute approximate surface area is 400 Å². The number of allylic oxidation sites excluding steroid dienone is 4. The molecule has 0 aliphatic heterocycles. The second kappa shape index (κ2) is 55.7. The third kappa shape index (κ3) is 53.0. The first-order valence-electron chi connectivity index (χ1n) is 28.9. The number of esters is 2. The number of rotatable bonds is 54. The lowest BCUT2D eigenvalue weighted by Gasteiger charge is -2.18. The summed E-state index contributed by atoms with van der Waals surface area (Å²) in [5, 5.41) is 0. The van der Waals surface area contributed by atoms with Gasteiger partial charge in [0.15, 0.2) is 6.10 Å². The van der Waals surface area contributed by atoms with Crippen molar-refractivity contribution < 1.29 is 23.8 Å². The molecule has 0 aromatic carbocycles. The summed E-state index contributed by atoms with van der Waals surface area (Å²) in [7, 11) is 0. The highest BCUT2D eigenvalue weighted by atomic mass is 16.6. The van der Waals surface area contributed by atoms with E-state index < -0.39 is 6.10 Å². The lowest BCUT2D eigenvalue weighted by molar-refractivity contribution is -0.163. The van der Waals surface area contributed by atoms with Crippen LogP contribution in [0.5, 0.6) is 0 Å². The number of carbonyl (C=O) groups excluding carboxylic acids is 2. The van der Waals surface area contributed by atoms with Crippen LogP contribution >= 0.6 is 0 Å². The Morgan fingerprint density at radius 3 is 1.06 bits per heavy atom. The zero-order chi connectivity index (χ0) is 46.3. The molecule has 0 fully saturated rings. The van der Waals surface area contributed by atoms with Crippen LogP contribution in [0.3, 0.4) is 0 Å². The molecule has 0 N–H and O–H groups in total. The van der Waals surface area contributed by atoms with Crippen LogP contribution in [0.25, 0.3) is 0 Å². The average Bonchev–Trinajstić information content (AvgIpc) is 3.30. The fraction of sp³-hybridized carbons (Fsp3) is 0.898. The minimum atomic E-state index is -0.536. The van der Waals surface area contributed by atoms with Crippen LogP contribution in [0.2, 0.25) is 0 Å². The normalized spacial score (nSPS) is 12.2. The van der Waals surface area contributed by atoms with Crippen molar-refractivity contribution in [2.75, 3.05) is 19.8 Å². The minimum Gasteiger partial charge on any atom is -0.462 e. The highest BCUT2D eigenvalue weighted by Gasteiger charge is 2.17. The summed E-state index contributed by atoms with van der Waals surface area (Å²) in [6, 6.07) is 0. The van der Waals surface area contributed by atoms with Crippen molar-refractivity contribution in [2.45, 2.75) is 322 Å². The Morgan fingerprint density at radius 2 is 0.656 bits per heavy atom. The Kier molecular flexibility index (Phi) is 54.3. The molecule has 1 atom stereocenters. The van der Waals surface area contributed by atoms with E-state index in [4.69, 9.17) is 14.2 Å². The molecule has 0 heterocycles. The number of unbranched alkanes of at least 4 members (excludes halogenated alkanes) is 39. The summed E-state index contributed by atoms with van der Waals surface area (Å²) in [6.07, 6.45) is 66.2. The predicted octanol–water partition coefficient (Wildman–Crippen LogP) is 19.6. The van der Waals surface area contributed by atoms with Gasteiger partial charge in [0, 0.05) is 19.4 Å². The van der Waals surface area contributed by atoms with Crippen LogP contribution in [0.15, 0.2) is 24.3 Å². The van der Waals surface area contributed by atoms with E-state index in [0.29, 0.717) is 26.1 Å². The first kappa shape index (κ1) is 62.4. The molecular weight excluding hydrogens is 789 g/mol. The van der Waals surface area contributed by atoms with E-state index in [-0.39, 0.29) is 18.5 Å². The molecule has 0 saturated heterocycles. The van der Waals surface area contributed by atoms with Gasteiger partial charge in [-0.1, -0.05) is 276 Å². The lowest BCUT2D eigenvalue weighted by Crippen LogP contribution is -2.30. The molecule has 378 valence electrons. The van der Waals surface area contributed by atoms with Crippen molar-refractivity contribution in [3.8, 4) is 0 Å². The van der Waals surface area contributed by atoms with Crippen molar-refractivity contribution in [3.05, 3.63) is 24.3 Å². The Bertz CT molecular complexity index is 974. The summed E-state index contributed by atoms with van der Waals surface area (Å²) >= 11 is 0. The van der Waals surface area contributed by atoms with Gasteiger partial charge in [-0.15, -0.1) is 0 Å². The molecule has 0 aliphatic rings. The van der Waals surface area contributed by atoms with E-state index in [2.05, 4.69) is 45.1 Å². The Hall–Kier alpha value is -1.62. The largest absolute Gasteiger partial charge is 0.462 e. The van der Waals surface area contributed by atoms with E-state index in [0.717, 1.165) is 51.4 Å². The first-order chi connectivity index (χ1) is 31.6. The molecule has 0 radical (unpaired) electrons. The van der Waals surface area contributed by atoms with Crippen LogP contribution in [0, 0.1) is 0 Å². The summed E-state index contributed by atoms with van der Waals surface area (Å²) < 4.78 is 17.5. The van der Waals surface area contributed by atoms with Gasteiger partial charge in [0.2, 0.25) is 0 Å². The lowest BCUT2D eigenvalue weighted by atomic mass is 10.0. The maximum absolute atomic E-state index is 12.8. The van der Waals surface area contributed by atoms with Crippen LogP contribution in [-0.2, 0) is 23.8 Å². The fourth-order valence-electron chi connectivity index (χ4n) is 8.66. The SMILES string of the molecule is CCCCC/C=C\C/C=C\CCCCCCCC(=O)O[C@H](COCCCCCCCCCCCCCCCCCC)COC(=O)CCCCCCCCCCCCCCCCCCC. The van der Waals surface area contributed by atoms with Gasteiger partial charge >= 0.3 is 11.9 Å². The average molecular weight is 902 g/mol. The van der Waals surface area contributed by atoms with Gasteiger partial charge in [-0.25, -0.2) is 0 Å². The Balaban J connectivity index is 4.23. The monoisotopic (exact) mass is 901 g/mol. The zero-order valence-corrected chi connectivity index (χ0v) is 43.6. The first-order valence-corrected chi connectivity index (χ1v) is 28.9. The van der Waals surface area contributed by atoms with Gasteiger partial charge in [0.05, 0.1) is 6.61 Å². The molecule has 0 rings (SSSR count). The second-order valence-corrected chi connectivity index (χ2v) is 19.6. The third-order valence-corrected chi connectivity index (χ3v) is 13.0. The third-order valence-electron chi connectivity index (χ3n) is 13.0. The van der Waals surface area contributed by atoms with Crippen LogP contribution < -0.4 is 0 Å². The van der Waals surface area contributed by atoms with Crippen LogP contribution in [0.4, 0.5) is 0 Å². The van der Waals surface area contributed by atoms with Gasteiger partial charge in [-0.05, 0) is 51.4 Å². The summed E-state index contributed by atoms with van der Waals surface area (Å²) in [6.45, 7) is 7.86. The highest BCUT2D eigenvalue weighted by Crippen LogP contribution is 2.17. The number of hydrogen-bond donors (Lipinski definition) is 0. The van der Waals surface area contributed by atoms with E-state index >= 15 is 0 Å². The van der Waals surface area contributed by atoms with Gasteiger partial charge in [-0.3, -0.25) is 9.59 Å². The van der Waals surface area contributed by atoms with Gasteiger partial charge in [-0.2, -0.15) is 0 Å². The molecular formula is C59H112O5. The fourth-order valence-corrected chi connectivity index (χ4v) is 8.66. The number of hydrogen-bond acceptors (Lipinski definition) is 5. The zero-order valence-electron chi connectivity index (χ0n) is 43.6. The minimum absolute atomic E-state index is 0.0880. The summed E-state index contributed by atoms with van der Waals surface area (Å²) in [5.74, 6) is -0.389. The van der Waals surface area contributed by atoms with Crippen molar-refractivity contribution in [3.63, 3.8) is 0 Å². The van der Waals surface area contributed by atoms with Crippen LogP contribution in [0.1, 0.15) is 316 Å². The smallest absolute Gasteiger partial charge is 0.306 e. The van der Waals surface area contributed by atoms with Gasteiger partial charge in [0.25, 0.3) is 0 Å². The van der Waals surface area contributed by atoms with Crippen molar-refractivity contribution in [1.82, 2.24) is 0 Å². The van der Waals surface area contributed by atoms with E-state index in [9.17, 15) is 9.59 Å². The van der Waals surface area contributed by atoms with Crippen molar-refractivity contribution in [2.24, 2.45) is 0 Å². The van der Waals surface area contributed by atoms with E-state index in [1.807, 2.05) is 0 Å². The van der Waals surface area contributed by atoms with Crippen molar-refractivity contribution in [1.29, 1.82) is 0 Å². The summed E-state index contributed by atoms with van der Waals surface area (Å²) in [5.41, 5.74) is 0. The topological polar surface area (TPSA) is 61.8 Å². The maximum atomic E-state index is 12.8. The molecule has 0 aromatic heterocycles. The number of carbonyl (C=O) groups is 2. The molecule has 5 nitrogen and oxygen atoms in total. The predicted molar refractivity (Wildman–Crippen MR) is 279 cm³/mol. The van der Waals surface area contributed by atoms with Crippen molar-refractivity contribution >= 4 is 11.9 Å². The van der Waals surface area contributed by atoms with Crippen LogP contribution in [-0.4, -0.2) is 37.9 Å². The quantitative estimate of drug-likeness (QED) is 0.0346. The van der Waals surface area contributed by atoms with Gasteiger partial charge in [0.1, 0.15) is 6.61 Å². The Morgan fingerprint density at radius 1 is 0.344 bits per heavy atom. The van der Waals surface area contributed by atoms with Gasteiger partial charge < -0.3 is 14.2 Å². The number of ether oxygens (including phenoxy) is 3.